The number of aryl methyl sites for hydroxylation is 2. The maximum Gasteiger partial charge on any atom is 0.224 e. The molecule has 3 rings (SSSR count). The molecule has 2 heterocycles. The highest BCUT2D eigenvalue weighted by molar-refractivity contribution is 5.44. The van der Waals surface area contributed by atoms with Crippen LogP contribution in [0.25, 0.3) is 0 Å². The lowest BCUT2D eigenvalue weighted by Gasteiger charge is -2.14. The van der Waals surface area contributed by atoms with Crippen molar-refractivity contribution >= 4 is 11.8 Å². The Hall–Kier alpha value is -3.15. The summed E-state index contributed by atoms with van der Waals surface area (Å²) >= 11 is 0. The second-order valence-electron chi connectivity index (χ2n) is 5.66. The minimum atomic E-state index is 0.515. The highest BCUT2D eigenvalue weighted by Crippen LogP contribution is 2.29. The number of nitrogens with one attached hydrogen (secondary N) is 2. The Morgan fingerprint density at radius 2 is 1.76 bits per heavy atom. The molecule has 3 aromatic rings. The molecule has 25 heavy (non-hydrogen) atoms. The van der Waals surface area contributed by atoms with Crippen molar-refractivity contribution in [3.8, 4) is 11.6 Å². The number of pyridine rings is 1. The van der Waals surface area contributed by atoms with Crippen molar-refractivity contribution in [3.05, 3.63) is 65.5 Å². The second kappa shape index (κ2) is 7.61. The molecular formula is C19H21N5O. The number of anilines is 2. The monoisotopic (exact) mass is 335 g/mol. The van der Waals surface area contributed by atoms with Crippen molar-refractivity contribution in [2.24, 2.45) is 0 Å². The van der Waals surface area contributed by atoms with E-state index in [9.17, 15) is 0 Å². The molecular weight excluding hydrogens is 314 g/mol. The first-order chi connectivity index (χ1) is 12.2. The van der Waals surface area contributed by atoms with Gasteiger partial charge in [0.1, 0.15) is 11.6 Å². The first-order valence-corrected chi connectivity index (χ1v) is 8.10. The van der Waals surface area contributed by atoms with Crippen LogP contribution in [-0.4, -0.2) is 22.0 Å². The van der Waals surface area contributed by atoms with E-state index in [2.05, 4.69) is 25.6 Å². The van der Waals surface area contributed by atoms with Crippen LogP contribution in [0.2, 0.25) is 0 Å². The third-order valence-electron chi connectivity index (χ3n) is 3.81. The van der Waals surface area contributed by atoms with Gasteiger partial charge in [-0.05, 0) is 37.1 Å². The fourth-order valence-corrected chi connectivity index (χ4v) is 2.46. The Kier molecular flexibility index (Phi) is 5.09. The lowest BCUT2D eigenvalue weighted by molar-refractivity contribution is 0.450. The first-order valence-electron chi connectivity index (χ1n) is 8.10. The van der Waals surface area contributed by atoms with Crippen LogP contribution in [0, 0.1) is 13.8 Å². The van der Waals surface area contributed by atoms with E-state index < -0.39 is 0 Å². The van der Waals surface area contributed by atoms with E-state index in [-0.39, 0.29) is 0 Å². The molecule has 2 N–H and O–H groups in total. The van der Waals surface area contributed by atoms with Gasteiger partial charge in [0.2, 0.25) is 11.8 Å². The summed E-state index contributed by atoms with van der Waals surface area (Å²) in [4.78, 5) is 13.0. The van der Waals surface area contributed by atoms with Gasteiger partial charge in [0, 0.05) is 31.5 Å². The summed E-state index contributed by atoms with van der Waals surface area (Å²) < 4.78 is 6.10. The predicted octanol–water partition coefficient (Wildman–Crippen LogP) is 3.93. The SMILES string of the molecule is CNc1ccnc(NCc2cccnc2Oc2c(C)cccc2C)n1. The van der Waals surface area contributed by atoms with E-state index in [1.165, 1.54) is 0 Å². The number of benzene rings is 1. The van der Waals surface area contributed by atoms with Crippen molar-refractivity contribution < 1.29 is 4.74 Å². The Bertz CT molecular complexity index is 846. The van der Waals surface area contributed by atoms with Gasteiger partial charge in [-0.3, -0.25) is 0 Å². The van der Waals surface area contributed by atoms with E-state index in [1.54, 1.807) is 12.4 Å². The molecule has 0 aliphatic carbocycles. The molecule has 0 atom stereocenters. The van der Waals surface area contributed by atoms with Crippen molar-refractivity contribution in [1.29, 1.82) is 0 Å². The van der Waals surface area contributed by atoms with Crippen LogP contribution >= 0.6 is 0 Å². The molecule has 0 fully saturated rings. The van der Waals surface area contributed by atoms with Crippen LogP contribution in [0.3, 0.4) is 0 Å². The second-order valence-corrected chi connectivity index (χ2v) is 5.66. The van der Waals surface area contributed by atoms with E-state index in [4.69, 9.17) is 4.74 Å². The zero-order valence-electron chi connectivity index (χ0n) is 14.6. The number of nitrogens with zero attached hydrogens (tertiary/aromatic N) is 3. The molecule has 0 amide bonds. The van der Waals surface area contributed by atoms with Gasteiger partial charge in [0.15, 0.2) is 0 Å². The topological polar surface area (TPSA) is 72.0 Å². The lowest BCUT2D eigenvalue weighted by atomic mass is 10.1. The van der Waals surface area contributed by atoms with Crippen molar-refractivity contribution in [3.63, 3.8) is 0 Å². The molecule has 0 aliphatic rings. The van der Waals surface area contributed by atoms with Gasteiger partial charge in [0.25, 0.3) is 0 Å². The van der Waals surface area contributed by atoms with Gasteiger partial charge in [-0.15, -0.1) is 0 Å². The van der Waals surface area contributed by atoms with Crippen LogP contribution < -0.4 is 15.4 Å². The van der Waals surface area contributed by atoms with Crippen LogP contribution in [0.1, 0.15) is 16.7 Å². The van der Waals surface area contributed by atoms with Gasteiger partial charge in [0.05, 0.1) is 0 Å². The predicted molar refractivity (Wildman–Crippen MR) is 99.1 cm³/mol. The summed E-state index contributed by atoms with van der Waals surface area (Å²) in [5.41, 5.74) is 3.09. The average molecular weight is 335 g/mol. The van der Waals surface area contributed by atoms with Crippen LogP contribution in [-0.2, 0) is 6.54 Å². The molecule has 0 saturated heterocycles. The molecule has 0 aliphatic heterocycles. The number of rotatable bonds is 6. The fourth-order valence-electron chi connectivity index (χ4n) is 2.46. The Morgan fingerprint density at radius 1 is 0.960 bits per heavy atom. The molecule has 0 saturated carbocycles. The molecule has 0 spiro atoms. The maximum absolute atomic E-state index is 6.10. The Labute approximate surface area is 147 Å². The van der Waals surface area contributed by atoms with Gasteiger partial charge in [-0.1, -0.05) is 24.3 Å². The number of hydrogen-bond donors (Lipinski definition) is 2. The van der Waals surface area contributed by atoms with Crippen LogP contribution in [0.15, 0.2) is 48.8 Å². The third kappa shape index (κ3) is 4.03. The quantitative estimate of drug-likeness (QED) is 0.711. The molecule has 2 aromatic heterocycles. The van der Waals surface area contributed by atoms with Gasteiger partial charge in [-0.25, -0.2) is 9.97 Å². The summed E-state index contributed by atoms with van der Waals surface area (Å²) in [6.45, 7) is 4.57. The normalized spacial score (nSPS) is 10.4. The summed E-state index contributed by atoms with van der Waals surface area (Å²) in [5, 5.41) is 6.20. The Balaban J connectivity index is 1.79. The molecule has 6 nitrogen and oxygen atoms in total. The van der Waals surface area contributed by atoms with Gasteiger partial charge < -0.3 is 15.4 Å². The zero-order chi connectivity index (χ0) is 17.6. The molecule has 1 aromatic carbocycles. The molecule has 0 radical (unpaired) electrons. The summed E-state index contributed by atoms with van der Waals surface area (Å²) in [7, 11) is 1.82. The highest BCUT2D eigenvalue weighted by atomic mass is 16.5. The molecule has 0 bridgehead atoms. The fraction of sp³-hybridized carbons (Fsp3) is 0.211. The number of hydrogen-bond acceptors (Lipinski definition) is 6. The third-order valence-corrected chi connectivity index (χ3v) is 3.81. The standard InChI is InChI=1S/C19H21N5O/c1-13-6-4-7-14(2)17(13)25-18-15(8-5-10-21-18)12-23-19-22-11-9-16(20-3)24-19/h4-11H,12H2,1-3H3,(H2,20,22,23,24). The number of aromatic nitrogens is 3. The smallest absolute Gasteiger partial charge is 0.224 e. The number of ether oxygens (including phenoxy) is 1. The van der Waals surface area contributed by atoms with Crippen LogP contribution in [0.5, 0.6) is 11.6 Å². The van der Waals surface area contributed by atoms with E-state index in [1.807, 2.05) is 57.3 Å². The Morgan fingerprint density at radius 3 is 2.52 bits per heavy atom. The largest absolute Gasteiger partial charge is 0.438 e. The summed E-state index contributed by atoms with van der Waals surface area (Å²) in [6, 6.07) is 11.8. The number of para-hydroxylation sites is 1. The van der Waals surface area contributed by atoms with Gasteiger partial charge >= 0.3 is 0 Å². The van der Waals surface area contributed by atoms with Crippen molar-refractivity contribution in [1.82, 2.24) is 15.0 Å². The van der Waals surface area contributed by atoms with Gasteiger partial charge in [-0.2, -0.15) is 4.98 Å². The lowest BCUT2D eigenvalue weighted by Crippen LogP contribution is -2.07. The zero-order valence-corrected chi connectivity index (χ0v) is 14.6. The molecule has 128 valence electrons. The summed E-state index contributed by atoms with van der Waals surface area (Å²) in [5.74, 6) is 2.73. The van der Waals surface area contributed by atoms with Crippen LogP contribution in [0.4, 0.5) is 11.8 Å². The van der Waals surface area contributed by atoms with E-state index in [0.717, 1.165) is 28.3 Å². The van der Waals surface area contributed by atoms with Crippen molar-refractivity contribution in [2.75, 3.05) is 17.7 Å². The molecule has 6 heteroatoms. The highest BCUT2D eigenvalue weighted by Gasteiger charge is 2.10. The maximum atomic E-state index is 6.10. The van der Waals surface area contributed by atoms with E-state index >= 15 is 0 Å². The van der Waals surface area contributed by atoms with E-state index in [0.29, 0.717) is 18.4 Å². The minimum absolute atomic E-state index is 0.515. The minimum Gasteiger partial charge on any atom is -0.438 e. The molecule has 0 unspecified atom stereocenters. The first kappa shape index (κ1) is 16.7. The summed E-state index contributed by atoms with van der Waals surface area (Å²) in [6.07, 6.45) is 3.43. The average Bonchev–Trinajstić information content (AvgIpc) is 2.64. The van der Waals surface area contributed by atoms with Crippen molar-refractivity contribution in [2.45, 2.75) is 20.4 Å².